The van der Waals surface area contributed by atoms with Gasteiger partial charge in [-0.25, -0.2) is 0 Å². The van der Waals surface area contributed by atoms with Crippen LogP contribution in [0.4, 0.5) is 0 Å². The second-order valence-electron chi connectivity index (χ2n) is 10.1. The summed E-state index contributed by atoms with van der Waals surface area (Å²) < 4.78 is 17.6. The second kappa shape index (κ2) is 7.92. The minimum absolute atomic E-state index is 0. The van der Waals surface area contributed by atoms with Crippen molar-refractivity contribution in [2.75, 3.05) is 13.7 Å². The Hall–Kier alpha value is -0.236. The van der Waals surface area contributed by atoms with Crippen molar-refractivity contribution in [3.63, 3.8) is 0 Å². The third-order valence-electron chi connectivity index (χ3n) is 8.74. The van der Waals surface area contributed by atoms with Crippen LogP contribution >= 0.6 is 0 Å². The topological polar surface area (TPSA) is 82.1 Å². The quantitative estimate of drug-likeness (QED) is 0.596. The molecule has 8 atom stereocenters. The van der Waals surface area contributed by atoms with Gasteiger partial charge in [0, 0.05) is 45.2 Å². The zero-order valence-electron chi connectivity index (χ0n) is 18.7. The van der Waals surface area contributed by atoms with Gasteiger partial charge < -0.3 is 19.3 Å². The number of hydrogen-bond donors (Lipinski definition) is 1. The van der Waals surface area contributed by atoms with Crippen LogP contribution in [0.2, 0.25) is 0 Å². The summed E-state index contributed by atoms with van der Waals surface area (Å²) in [7, 11) is 1.52. The number of aliphatic hydroxyl groups excluding tert-OH is 1. The maximum absolute atomic E-state index is 13.4. The molecule has 1 N–H and O–H groups in total. The molecule has 1 saturated heterocycles. The summed E-state index contributed by atoms with van der Waals surface area (Å²) in [5.74, 6) is 1.34. The van der Waals surface area contributed by atoms with E-state index >= 15 is 0 Å². The Kier molecular flexibility index (Phi) is 6.11. The molecule has 6 nitrogen and oxygen atoms in total. The largest absolute Gasteiger partial charge is 0.425 e. The normalized spacial score (nSPS) is 48.2. The summed E-state index contributed by atoms with van der Waals surface area (Å²) in [4.78, 5) is 25.3. The standard InChI is InChI=1S/C24H31O6.Y/c1-13-29-20-10-17-16-6-5-14-9-15(25)7-8-22(14,2)21(16)18(26)11-23(17,3)24(20,30-13)19(27)12-28-4;/h7-9,13,16-18,20,26H,5-6,10-12H2,1-4H3;/q-1;/t13?,16?,17?,18?,20?,22-,23-,24+;/m0./s1. The second-order valence-corrected chi connectivity index (χ2v) is 10.1. The summed E-state index contributed by atoms with van der Waals surface area (Å²) in [6.45, 7) is 6.02. The molecule has 0 amide bonds. The molecular weight excluding hydrogens is 473 g/mol. The molecule has 167 valence electrons. The number of ketones is 2. The smallest absolute Gasteiger partial charge is 0.193 e. The van der Waals surface area contributed by atoms with Gasteiger partial charge in [0.05, 0.1) is 6.10 Å². The summed E-state index contributed by atoms with van der Waals surface area (Å²) in [5, 5.41) is 11.5. The van der Waals surface area contributed by atoms with Crippen molar-refractivity contribution < 1.29 is 61.6 Å². The van der Waals surface area contributed by atoms with Crippen LogP contribution in [0.5, 0.6) is 0 Å². The average Bonchev–Trinajstić information content (AvgIpc) is 3.13. The number of hydrogen-bond acceptors (Lipinski definition) is 6. The zero-order chi connectivity index (χ0) is 21.5. The first-order valence-electron chi connectivity index (χ1n) is 11.0. The van der Waals surface area contributed by atoms with Crippen molar-refractivity contribution in [1.82, 2.24) is 0 Å². The van der Waals surface area contributed by atoms with Crippen LogP contribution in [0.1, 0.15) is 46.5 Å². The molecule has 0 aromatic carbocycles. The van der Waals surface area contributed by atoms with E-state index < -0.39 is 28.8 Å². The van der Waals surface area contributed by atoms with Crippen molar-refractivity contribution >= 4 is 11.6 Å². The average molecular weight is 504 g/mol. The van der Waals surface area contributed by atoms with Gasteiger partial charge in [0.2, 0.25) is 0 Å². The molecule has 4 fully saturated rings. The first kappa shape index (κ1) is 23.9. The summed E-state index contributed by atoms with van der Waals surface area (Å²) in [6, 6.07) is 0. The van der Waals surface area contributed by atoms with Gasteiger partial charge in [0.1, 0.15) is 6.61 Å². The Morgan fingerprint density at radius 3 is 2.84 bits per heavy atom. The van der Waals surface area contributed by atoms with Crippen molar-refractivity contribution in [3.8, 4) is 0 Å². The Morgan fingerprint density at radius 1 is 1.39 bits per heavy atom. The van der Waals surface area contributed by atoms with Gasteiger partial charge in [-0.3, -0.25) is 15.5 Å². The SMILES string of the molecule is COCC(=O)[C@@]12OC(C)OC1CC1C3CCC4=CC(=O)C=C[C@]4(C)[C-]3C(O)C[C@@]12C.[Y]. The van der Waals surface area contributed by atoms with Gasteiger partial charge in [-0.15, -0.1) is 11.5 Å². The van der Waals surface area contributed by atoms with Crippen LogP contribution in [0.25, 0.3) is 0 Å². The van der Waals surface area contributed by atoms with E-state index in [0.29, 0.717) is 6.42 Å². The monoisotopic (exact) mass is 504 g/mol. The molecular formula is C24H31O6Y-. The maximum Gasteiger partial charge on any atom is 0.193 e. The van der Waals surface area contributed by atoms with Crippen LogP contribution in [0.15, 0.2) is 23.8 Å². The molecule has 1 aliphatic heterocycles. The van der Waals surface area contributed by atoms with E-state index in [1.54, 1.807) is 12.2 Å². The molecule has 3 saturated carbocycles. The zero-order valence-corrected chi connectivity index (χ0v) is 21.6. The predicted octanol–water partition coefficient (Wildman–Crippen LogP) is 2.55. The fourth-order valence-corrected chi connectivity index (χ4v) is 7.61. The van der Waals surface area contributed by atoms with Crippen LogP contribution in [-0.4, -0.2) is 54.5 Å². The first-order chi connectivity index (χ1) is 14.2. The third kappa shape index (κ3) is 3.05. The number of fused-ring (bicyclic) bond motifs is 7. The van der Waals surface area contributed by atoms with Crippen LogP contribution in [0.3, 0.4) is 0 Å². The minimum Gasteiger partial charge on any atom is -0.425 e. The van der Waals surface area contributed by atoms with E-state index in [1.165, 1.54) is 7.11 Å². The molecule has 4 aliphatic carbocycles. The van der Waals surface area contributed by atoms with Crippen LogP contribution < -0.4 is 0 Å². The fourth-order valence-electron chi connectivity index (χ4n) is 7.61. The van der Waals surface area contributed by atoms with E-state index in [-0.39, 0.29) is 68.8 Å². The molecule has 0 bridgehead atoms. The minimum atomic E-state index is -1.09. The van der Waals surface area contributed by atoms with E-state index in [2.05, 4.69) is 13.8 Å². The molecule has 0 aromatic heterocycles. The number of ether oxygens (including phenoxy) is 3. The van der Waals surface area contributed by atoms with Gasteiger partial charge in [-0.1, -0.05) is 37.9 Å². The molecule has 5 unspecified atom stereocenters. The van der Waals surface area contributed by atoms with Gasteiger partial charge in [0.15, 0.2) is 23.5 Å². The maximum atomic E-state index is 13.4. The summed E-state index contributed by atoms with van der Waals surface area (Å²) >= 11 is 0. The Morgan fingerprint density at radius 2 is 2.13 bits per heavy atom. The number of aliphatic hydroxyl groups is 1. The number of carbonyl (C=O) groups is 2. The Bertz CT molecular complexity index is 853. The number of allylic oxidation sites excluding steroid dienone is 4. The van der Waals surface area contributed by atoms with Gasteiger partial charge in [-0.2, -0.15) is 5.92 Å². The van der Waals surface area contributed by atoms with E-state index in [9.17, 15) is 14.7 Å². The van der Waals surface area contributed by atoms with E-state index in [1.807, 2.05) is 13.0 Å². The number of methoxy groups -OCH3 is 1. The van der Waals surface area contributed by atoms with Crippen LogP contribution in [0, 0.1) is 28.6 Å². The molecule has 1 radical (unpaired) electrons. The Labute approximate surface area is 209 Å². The van der Waals surface area contributed by atoms with Crippen molar-refractivity contribution in [3.05, 3.63) is 29.7 Å². The van der Waals surface area contributed by atoms with Crippen LogP contribution in [-0.2, 0) is 56.5 Å². The molecule has 1 heterocycles. The molecule has 5 rings (SSSR count). The number of Topliss-reactive ketones (excluding diaryl/α,β-unsaturated/α-hetero) is 1. The molecule has 0 aromatic rings. The summed E-state index contributed by atoms with van der Waals surface area (Å²) in [5.41, 5.74) is -0.950. The summed E-state index contributed by atoms with van der Waals surface area (Å²) in [6.07, 6.45) is 6.73. The third-order valence-corrected chi connectivity index (χ3v) is 8.74. The van der Waals surface area contributed by atoms with E-state index in [0.717, 1.165) is 30.8 Å². The van der Waals surface area contributed by atoms with Crippen molar-refractivity contribution in [2.45, 2.75) is 70.6 Å². The van der Waals surface area contributed by atoms with Crippen molar-refractivity contribution in [1.29, 1.82) is 0 Å². The number of carbonyl (C=O) groups excluding carboxylic acids is 2. The molecule has 31 heavy (non-hydrogen) atoms. The number of rotatable bonds is 3. The Balaban J connectivity index is 0.00000231. The predicted molar refractivity (Wildman–Crippen MR) is 108 cm³/mol. The van der Waals surface area contributed by atoms with Crippen molar-refractivity contribution in [2.24, 2.45) is 22.7 Å². The first-order valence-corrected chi connectivity index (χ1v) is 11.0. The van der Waals surface area contributed by atoms with Gasteiger partial charge >= 0.3 is 0 Å². The molecule has 7 heteroatoms. The molecule has 0 spiro atoms. The van der Waals surface area contributed by atoms with E-state index in [4.69, 9.17) is 14.2 Å². The fraction of sp³-hybridized carbons (Fsp3) is 0.708. The van der Waals surface area contributed by atoms with Gasteiger partial charge in [0.25, 0.3) is 0 Å². The molecule has 5 aliphatic rings. The van der Waals surface area contributed by atoms with Gasteiger partial charge in [-0.05, 0) is 38.3 Å².